The van der Waals surface area contributed by atoms with Crippen LogP contribution in [0.4, 0.5) is 5.69 Å². The molecule has 0 spiro atoms. The van der Waals surface area contributed by atoms with E-state index in [-0.39, 0.29) is 11.9 Å². The predicted molar refractivity (Wildman–Crippen MR) is 84.6 cm³/mol. The molecule has 20 heavy (non-hydrogen) atoms. The van der Waals surface area contributed by atoms with Crippen LogP contribution in [-0.2, 0) is 4.79 Å². The van der Waals surface area contributed by atoms with Crippen LogP contribution in [0.3, 0.4) is 0 Å². The van der Waals surface area contributed by atoms with Gasteiger partial charge in [0.05, 0.1) is 6.04 Å². The van der Waals surface area contributed by atoms with Crippen LogP contribution in [0.5, 0.6) is 0 Å². The molecule has 4 N–H and O–H groups in total. The Morgan fingerprint density at radius 2 is 1.90 bits per heavy atom. The lowest BCUT2D eigenvalue weighted by atomic mass is 10.0. The lowest BCUT2D eigenvalue weighted by Gasteiger charge is -2.24. The van der Waals surface area contributed by atoms with E-state index in [0.717, 1.165) is 18.5 Å². The van der Waals surface area contributed by atoms with E-state index in [2.05, 4.69) is 24.5 Å². The maximum absolute atomic E-state index is 11.8. The monoisotopic (exact) mass is 277 g/mol. The third-order valence-corrected chi connectivity index (χ3v) is 3.36. The van der Waals surface area contributed by atoms with Gasteiger partial charge in [0.2, 0.25) is 5.91 Å². The molecule has 0 saturated carbocycles. The molecule has 1 amide bonds. The van der Waals surface area contributed by atoms with Crippen molar-refractivity contribution in [1.29, 1.82) is 0 Å². The van der Waals surface area contributed by atoms with Crippen LogP contribution in [0, 0.1) is 5.92 Å². The molecule has 0 aliphatic carbocycles. The van der Waals surface area contributed by atoms with Gasteiger partial charge in [-0.2, -0.15) is 0 Å². The van der Waals surface area contributed by atoms with Crippen LogP contribution >= 0.6 is 0 Å². The minimum absolute atomic E-state index is 0.0626. The number of carbonyl (C=O) groups excluding carboxylic acids is 1. The van der Waals surface area contributed by atoms with Crippen LogP contribution in [0.1, 0.15) is 33.6 Å². The topological polar surface area (TPSA) is 67.2 Å². The summed E-state index contributed by atoms with van der Waals surface area (Å²) in [6.07, 6.45) is 1.65. The molecule has 0 aliphatic rings. The quantitative estimate of drug-likeness (QED) is 0.683. The fourth-order valence-electron chi connectivity index (χ4n) is 1.99. The first kappa shape index (κ1) is 16.5. The van der Waals surface area contributed by atoms with Gasteiger partial charge >= 0.3 is 0 Å². The first-order valence-corrected chi connectivity index (χ1v) is 7.39. The molecule has 2 atom stereocenters. The van der Waals surface area contributed by atoms with Gasteiger partial charge in [-0.05, 0) is 24.5 Å². The highest BCUT2D eigenvalue weighted by molar-refractivity contribution is 5.81. The van der Waals surface area contributed by atoms with Gasteiger partial charge in [-0.1, -0.05) is 45.4 Å². The Morgan fingerprint density at radius 1 is 1.25 bits per heavy atom. The second kappa shape index (κ2) is 8.59. The molecular weight excluding hydrogens is 250 g/mol. The molecule has 1 aromatic rings. The number of rotatable bonds is 8. The summed E-state index contributed by atoms with van der Waals surface area (Å²) < 4.78 is 0. The van der Waals surface area contributed by atoms with Crippen LogP contribution in [0.15, 0.2) is 30.3 Å². The molecule has 1 rings (SSSR count). The summed E-state index contributed by atoms with van der Waals surface area (Å²) in [4.78, 5) is 11.8. The number of benzene rings is 1. The standard InChI is InChI=1S/C16H27N3O/c1-4-8-14(17)16(20)18-11-15(12(2)3)19-13-9-6-5-7-10-13/h5-7,9-10,12,14-15,19H,4,8,11,17H2,1-3H3,(H,18,20). The summed E-state index contributed by atoms with van der Waals surface area (Å²) in [7, 11) is 0. The Morgan fingerprint density at radius 3 is 2.45 bits per heavy atom. The van der Waals surface area contributed by atoms with Crippen LogP contribution < -0.4 is 16.4 Å². The van der Waals surface area contributed by atoms with E-state index in [1.165, 1.54) is 0 Å². The second-order valence-corrected chi connectivity index (χ2v) is 5.50. The van der Waals surface area contributed by atoms with E-state index in [9.17, 15) is 4.79 Å². The number of amides is 1. The summed E-state index contributed by atoms with van der Waals surface area (Å²) in [6.45, 7) is 6.89. The fourth-order valence-corrected chi connectivity index (χ4v) is 1.99. The molecule has 2 unspecified atom stereocenters. The van der Waals surface area contributed by atoms with Gasteiger partial charge in [-0.15, -0.1) is 0 Å². The number of nitrogens with one attached hydrogen (secondary N) is 2. The number of carbonyl (C=O) groups is 1. The number of hydrogen-bond acceptors (Lipinski definition) is 3. The third kappa shape index (κ3) is 5.61. The van der Waals surface area contributed by atoms with Gasteiger partial charge in [0, 0.05) is 18.3 Å². The van der Waals surface area contributed by atoms with E-state index in [1.807, 2.05) is 37.3 Å². The third-order valence-electron chi connectivity index (χ3n) is 3.36. The highest BCUT2D eigenvalue weighted by Gasteiger charge is 2.17. The van der Waals surface area contributed by atoms with Crippen molar-refractivity contribution in [1.82, 2.24) is 5.32 Å². The fraction of sp³-hybridized carbons (Fsp3) is 0.562. The largest absolute Gasteiger partial charge is 0.380 e. The van der Waals surface area contributed by atoms with Gasteiger partial charge in [-0.25, -0.2) is 0 Å². The number of para-hydroxylation sites is 1. The van der Waals surface area contributed by atoms with Crippen molar-refractivity contribution in [3.8, 4) is 0 Å². The zero-order chi connectivity index (χ0) is 15.0. The molecule has 0 saturated heterocycles. The Bertz CT molecular complexity index is 392. The maximum Gasteiger partial charge on any atom is 0.236 e. The van der Waals surface area contributed by atoms with Crippen molar-refractivity contribution in [2.75, 3.05) is 11.9 Å². The molecule has 4 heteroatoms. The van der Waals surface area contributed by atoms with Crippen molar-refractivity contribution in [2.45, 2.75) is 45.7 Å². The Kier molecular flexibility index (Phi) is 7.09. The molecular formula is C16H27N3O. The highest BCUT2D eigenvalue weighted by Crippen LogP contribution is 2.11. The van der Waals surface area contributed by atoms with Gasteiger partial charge in [0.15, 0.2) is 0 Å². The molecule has 4 nitrogen and oxygen atoms in total. The van der Waals surface area contributed by atoms with Crippen LogP contribution in [-0.4, -0.2) is 24.5 Å². The van der Waals surface area contributed by atoms with Crippen LogP contribution in [0.2, 0.25) is 0 Å². The predicted octanol–water partition coefficient (Wildman–Crippen LogP) is 2.37. The van der Waals surface area contributed by atoms with Gasteiger partial charge < -0.3 is 16.4 Å². The van der Waals surface area contributed by atoms with Gasteiger partial charge in [0.25, 0.3) is 0 Å². The summed E-state index contributed by atoms with van der Waals surface area (Å²) in [5.41, 5.74) is 6.88. The highest BCUT2D eigenvalue weighted by atomic mass is 16.2. The lowest BCUT2D eigenvalue weighted by Crippen LogP contribution is -2.46. The molecule has 0 radical (unpaired) electrons. The first-order chi connectivity index (χ1) is 9.54. The van der Waals surface area contributed by atoms with E-state index < -0.39 is 6.04 Å². The van der Waals surface area contributed by atoms with Crippen LogP contribution in [0.25, 0.3) is 0 Å². The van der Waals surface area contributed by atoms with Crippen molar-refractivity contribution >= 4 is 11.6 Å². The lowest BCUT2D eigenvalue weighted by molar-refractivity contribution is -0.122. The maximum atomic E-state index is 11.8. The Balaban J connectivity index is 2.50. The number of anilines is 1. The van der Waals surface area contributed by atoms with E-state index in [0.29, 0.717) is 12.5 Å². The molecule has 0 aliphatic heterocycles. The minimum Gasteiger partial charge on any atom is -0.380 e. The Labute approximate surface area is 122 Å². The van der Waals surface area contributed by atoms with Crippen molar-refractivity contribution < 1.29 is 4.79 Å². The smallest absolute Gasteiger partial charge is 0.236 e. The normalized spacial score (nSPS) is 13.8. The molecule has 112 valence electrons. The molecule has 1 aromatic carbocycles. The summed E-state index contributed by atoms with van der Waals surface area (Å²) in [6, 6.07) is 9.83. The number of nitrogens with two attached hydrogens (primary N) is 1. The van der Waals surface area contributed by atoms with Crippen molar-refractivity contribution in [2.24, 2.45) is 11.7 Å². The van der Waals surface area contributed by atoms with Gasteiger partial charge in [-0.3, -0.25) is 4.79 Å². The Hall–Kier alpha value is -1.55. The molecule has 0 bridgehead atoms. The zero-order valence-corrected chi connectivity index (χ0v) is 12.7. The SMILES string of the molecule is CCCC(N)C(=O)NCC(Nc1ccccc1)C(C)C. The number of hydrogen-bond donors (Lipinski definition) is 3. The average Bonchev–Trinajstić information content (AvgIpc) is 2.44. The first-order valence-electron chi connectivity index (χ1n) is 7.39. The van der Waals surface area contributed by atoms with E-state index >= 15 is 0 Å². The molecule has 0 fully saturated rings. The average molecular weight is 277 g/mol. The minimum atomic E-state index is -0.399. The van der Waals surface area contributed by atoms with Gasteiger partial charge in [0.1, 0.15) is 0 Å². The van der Waals surface area contributed by atoms with E-state index in [4.69, 9.17) is 5.73 Å². The van der Waals surface area contributed by atoms with E-state index in [1.54, 1.807) is 0 Å². The second-order valence-electron chi connectivity index (χ2n) is 5.50. The zero-order valence-electron chi connectivity index (χ0n) is 12.7. The van der Waals surface area contributed by atoms with Crippen molar-refractivity contribution in [3.05, 3.63) is 30.3 Å². The summed E-state index contributed by atoms with van der Waals surface area (Å²) >= 11 is 0. The summed E-state index contributed by atoms with van der Waals surface area (Å²) in [5.74, 6) is 0.352. The molecule has 0 heterocycles. The summed E-state index contributed by atoms with van der Waals surface area (Å²) in [5, 5.41) is 6.39. The molecule has 0 aromatic heterocycles. The van der Waals surface area contributed by atoms with Crippen molar-refractivity contribution in [3.63, 3.8) is 0 Å².